The number of carbonyl (C=O) groups is 2. The van der Waals surface area contributed by atoms with Gasteiger partial charge in [-0.15, -0.1) is 0 Å². The predicted octanol–water partition coefficient (Wildman–Crippen LogP) is 6.93. The van der Waals surface area contributed by atoms with Crippen molar-refractivity contribution in [3.05, 3.63) is 48.0 Å². The van der Waals surface area contributed by atoms with Crippen LogP contribution in [0, 0.1) is 6.92 Å². The van der Waals surface area contributed by atoms with Gasteiger partial charge >= 0.3 is 12.3 Å². The zero-order valence-electron chi connectivity index (χ0n) is 19.0. The largest absolute Gasteiger partial charge is 0.514 e. The Morgan fingerprint density at radius 2 is 1.06 bits per heavy atom. The Balaban J connectivity index is 2.20. The molecule has 0 spiro atoms. The van der Waals surface area contributed by atoms with Gasteiger partial charge in [0, 0.05) is 21.5 Å². The van der Waals surface area contributed by atoms with E-state index < -0.39 is 23.5 Å². The van der Waals surface area contributed by atoms with E-state index in [1.807, 2.05) is 37.3 Å². The molecule has 31 heavy (non-hydrogen) atoms. The van der Waals surface area contributed by atoms with Gasteiger partial charge in [-0.05, 0) is 54.5 Å². The normalized spacial score (nSPS) is 12.0. The molecule has 0 N–H and O–H groups in total. The zero-order valence-corrected chi connectivity index (χ0v) is 19.0. The lowest BCUT2D eigenvalue weighted by atomic mass is 9.99. The van der Waals surface area contributed by atoms with Crippen molar-refractivity contribution in [1.82, 2.24) is 0 Å². The van der Waals surface area contributed by atoms with E-state index in [1.165, 1.54) is 0 Å². The van der Waals surface area contributed by atoms with Crippen molar-refractivity contribution >= 4 is 33.9 Å². The van der Waals surface area contributed by atoms with Crippen LogP contribution < -0.4 is 9.47 Å². The number of benzene rings is 3. The van der Waals surface area contributed by atoms with Crippen molar-refractivity contribution in [2.75, 3.05) is 0 Å². The molecule has 3 rings (SSSR count). The van der Waals surface area contributed by atoms with Crippen LogP contribution in [-0.2, 0) is 9.47 Å². The second kappa shape index (κ2) is 8.10. The first-order valence-corrected chi connectivity index (χ1v) is 10.1. The van der Waals surface area contributed by atoms with Crippen LogP contribution in [0.15, 0.2) is 42.5 Å². The summed E-state index contributed by atoms with van der Waals surface area (Å²) in [5, 5.41) is 2.48. The van der Waals surface area contributed by atoms with E-state index in [4.69, 9.17) is 18.9 Å². The molecule has 0 aliphatic heterocycles. The molecule has 0 atom stereocenters. The van der Waals surface area contributed by atoms with E-state index >= 15 is 0 Å². The minimum atomic E-state index is -0.805. The lowest BCUT2D eigenvalue weighted by Crippen LogP contribution is -2.26. The average Bonchev–Trinajstić information content (AvgIpc) is 2.61. The first-order chi connectivity index (χ1) is 14.3. The molecular formula is C25H28O6. The van der Waals surface area contributed by atoms with Gasteiger partial charge in [-0.2, -0.15) is 0 Å². The highest BCUT2D eigenvalue weighted by Gasteiger charge is 2.25. The van der Waals surface area contributed by atoms with Crippen LogP contribution in [0.2, 0.25) is 0 Å². The van der Waals surface area contributed by atoms with Crippen LogP contribution in [0.4, 0.5) is 9.59 Å². The maximum atomic E-state index is 12.5. The number of ether oxygens (including phenoxy) is 4. The van der Waals surface area contributed by atoms with E-state index in [0.717, 1.165) is 5.56 Å². The summed E-state index contributed by atoms with van der Waals surface area (Å²) in [7, 11) is 0. The van der Waals surface area contributed by atoms with Gasteiger partial charge in [-0.1, -0.05) is 42.0 Å². The van der Waals surface area contributed by atoms with Crippen LogP contribution in [0.3, 0.4) is 0 Å². The van der Waals surface area contributed by atoms with E-state index in [2.05, 4.69) is 0 Å². The van der Waals surface area contributed by atoms with Gasteiger partial charge in [-0.3, -0.25) is 0 Å². The SMILES string of the molecule is Cc1ccc2c(OC(=O)OC(C)(C)C)c3ccccc3c(OC(=O)OC(C)(C)C)c2c1. The topological polar surface area (TPSA) is 71.1 Å². The van der Waals surface area contributed by atoms with E-state index in [-0.39, 0.29) is 0 Å². The summed E-state index contributed by atoms with van der Waals surface area (Å²) < 4.78 is 22.0. The molecule has 0 fully saturated rings. The molecule has 3 aromatic carbocycles. The van der Waals surface area contributed by atoms with Crippen molar-refractivity contribution in [1.29, 1.82) is 0 Å². The monoisotopic (exact) mass is 424 g/mol. The first kappa shape index (κ1) is 22.4. The number of rotatable bonds is 2. The maximum absolute atomic E-state index is 12.5. The lowest BCUT2D eigenvalue weighted by Gasteiger charge is -2.22. The minimum absolute atomic E-state index is 0.344. The molecule has 0 aliphatic carbocycles. The molecule has 6 heteroatoms. The fourth-order valence-corrected chi connectivity index (χ4v) is 3.14. The van der Waals surface area contributed by atoms with Crippen molar-refractivity contribution < 1.29 is 28.5 Å². The van der Waals surface area contributed by atoms with Crippen LogP contribution in [0.25, 0.3) is 21.5 Å². The summed E-state index contributed by atoms with van der Waals surface area (Å²) in [5.74, 6) is 0.691. The third-order valence-corrected chi connectivity index (χ3v) is 4.23. The Kier molecular flexibility index (Phi) is 5.85. The van der Waals surface area contributed by atoms with Crippen molar-refractivity contribution in [3.63, 3.8) is 0 Å². The molecule has 0 saturated carbocycles. The van der Waals surface area contributed by atoms with Crippen LogP contribution in [-0.4, -0.2) is 23.5 Å². The lowest BCUT2D eigenvalue weighted by molar-refractivity contribution is 0.0194. The van der Waals surface area contributed by atoms with Crippen molar-refractivity contribution in [2.24, 2.45) is 0 Å². The fraction of sp³-hybridized carbons (Fsp3) is 0.360. The number of hydrogen-bond acceptors (Lipinski definition) is 6. The summed E-state index contributed by atoms with van der Waals surface area (Å²) in [4.78, 5) is 24.9. The summed E-state index contributed by atoms with van der Waals surface area (Å²) in [6, 6.07) is 12.9. The third kappa shape index (κ3) is 5.45. The van der Waals surface area contributed by atoms with E-state index in [1.54, 1.807) is 53.7 Å². The van der Waals surface area contributed by atoms with Gasteiger partial charge in [0.1, 0.15) is 22.7 Å². The summed E-state index contributed by atoms with van der Waals surface area (Å²) in [5.41, 5.74) is -0.433. The summed E-state index contributed by atoms with van der Waals surface area (Å²) >= 11 is 0. The molecule has 0 unspecified atom stereocenters. The molecule has 164 valence electrons. The quantitative estimate of drug-likeness (QED) is 0.252. The first-order valence-electron chi connectivity index (χ1n) is 10.1. The predicted molar refractivity (Wildman–Crippen MR) is 120 cm³/mol. The van der Waals surface area contributed by atoms with Crippen molar-refractivity contribution in [2.45, 2.75) is 59.7 Å². The second-order valence-electron chi connectivity index (χ2n) is 9.39. The Hall–Kier alpha value is -3.28. The van der Waals surface area contributed by atoms with Gasteiger partial charge < -0.3 is 18.9 Å². The second-order valence-corrected chi connectivity index (χ2v) is 9.39. The Labute approximate surface area is 182 Å². The molecule has 0 amide bonds. The standard InChI is InChI=1S/C25H28O6/c1-15-12-13-18-19(14-15)21(29-23(27)31-25(5,6)7)17-11-9-8-10-16(17)20(18)28-22(26)30-24(2,3)4/h8-14H,1-7H3. The van der Waals surface area contributed by atoms with Gasteiger partial charge in [0.25, 0.3) is 0 Å². The average molecular weight is 424 g/mol. The van der Waals surface area contributed by atoms with Gasteiger partial charge in [0.15, 0.2) is 0 Å². The third-order valence-electron chi connectivity index (χ3n) is 4.23. The summed E-state index contributed by atoms with van der Waals surface area (Å²) in [6.07, 6.45) is -1.61. The van der Waals surface area contributed by atoms with Gasteiger partial charge in [0.2, 0.25) is 0 Å². The molecule has 0 aliphatic rings. The molecule has 0 heterocycles. The smallest absolute Gasteiger partial charge is 0.428 e. The molecule has 0 aromatic heterocycles. The highest BCUT2D eigenvalue weighted by Crippen LogP contribution is 2.43. The molecule has 3 aromatic rings. The zero-order chi connectivity index (χ0) is 23.0. The highest BCUT2D eigenvalue weighted by molar-refractivity contribution is 6.12. The van der Waals surface area contributed by atoms with Crippen LogP contribution in [0.5, 0.6) is 11.5 Å². The number of aryl methyl sites for hydroxylation is 1. The van der Waals surface area contributed by atoms with E-state index in [9.17, 15) is 9.59 Å². The minimum Gasteiger partial charge on any atom is -0.428 e. The van der Waals surface area contributed by atoms with Gasteiger partial charge in [0.05, 0.1) is 0 Å². The van der Waals surface area contributed by atoms with Gasteiger partial charge in [-0.25, -0.2) is 9.59 Å². The Bertz CT molecular complexity index is 1150. The summed E-state index contributed by atoms with van der Waals surface area (Å²) in [6.45, 7) is 12.5. The molecule has 0 saturated heterocycles. The Morgan fingerprint density at radius 3 is 1.52 bits per heavy atom. The van der Waals surface area contributed by atoms with E-state index in [0.29, 0.717) is 33.0 Å². The molecule has 0 radical (unpaired) electrons. The van der Waals surface area contributed by atoms with Crippen LogP contribution in [0.1, 0.15) is 47.1 Å². The Morgan fingerprint density at radius 1 is 0.645 bits per heavy atom. The van der Waals surface area contributed by atoms with Crippen LogP contribution >= 0.6 is 0 Å². The van der Waals surface area contributed by atoms with Crippen molar-refractivity contribution in [3.8, 4) is 11.5 Å². The number of carbonyl (C=O) groups excluding carboxylic acids is 2. The molecular weight excluding hydrogens is 396 g/mol. The highest BCUT2D eigenvalue weighted by atomic mass is 16.7. The molecule has 0 bridgehead atoms. The fourth-order valence-electron chi connectivity index (χ4n) is 3.14. The number of hydrogen-bond donors (Lipinski definition) is 0. The maximum Gasteiger partial charge on any atom is 0.514 e. The molecule has 6 nitrogen and oxygen atoms in total. The number of fused-ring (bicyclic) bond motifs is 2.